The molecule has 0 radical (unpaired) electrons. The molecule has 2 saturated carbocycles. The summed E-state index contributed by atoms with van der Waals surface area (Å²) in [6.07, 6.45) is 1.85. The maximum absolute atomic E-state index is 14.1. The monoisotopic (exact) mass is 258 g/mol. The van der Waals surface area contributed by atoms with E-state index in [1.165, 1.54) is 6.07 Å². The van der Waals surface area contributed by atoms with Crippen LogP contribution < -0.4 is 4.90 Å². The molecule has 1 saturated heterocycles. The summed E-state index contributed by atoms with van der Waals surface area (Å²) in [4.78, 5) is 2.03. The lowest BCUT2D eigenvalue weighted by Crippen LogP contribution is -2.41. The average Bonchev–Trinajstić information content (AvgIpc) is 3.00. The highest BCUT2D eigenvalue weighted by atomic mass is 19.1. The van der Waals surface area contributed by atoms with Crippen LogP contribution in [0, 0.1) is 34.9 Å². The highest BCUT2D eigenvalue weighted by molar-refractivity contribution is 5.54. The summed E-state index contributed by atoms with van der Waals surface area (Å²) in [7, 11) is 0. The Labute approximate surface area is 111 Å². The van der Waals surface area contributed by atoms with Crippen molar-refractivity contribution in [3.8, 4) is 6.07 Å². The number of nitriles is 1. The van der Waals surface area contributed by atoms with E-state index in [1.807, 2.05) is 11.0 Å². The molecule has 98 valence electrons. The summed E-state index contributed by atoms with van der Waals surface area (Å²) >= 11 is 0. The van der Waals surface area contributed by atoms with Gasteiger partial charge in [0.15, 0.2) is 0 Å². The largest absolute Gasteiger partial charge is 0.391 e. The summed E-state index contributed by atoms with van der Waals surface area (Å²) in [5, 5.41) is 19.1. The Morgan fingerprint density at radius 3 is 2.84 bits per heavy atom. The minimum absolute atomic E-state index is 0.0752. The van der Waals surface area contributed by atoms with Crippen molar-refractivity contribution in [1.29, 1.82) is 5.26 Å². The van der Waals surface area contributed by atoms with Crippen molar-refractivity contribution in [3.05, 3.63) is 29.6 Å². The van der Waals surface area contributed by atoms with Gasteiger partial charge in [-0.2, -0.15) is 5.26 Å². The van der Waals surface area contributed by atoms with Crippen LogP contribution in [0.25, 0.3) is 0 Å². The number of hydrogen-bond acceptors (Lipinski definition) is 3. The van der Waals surface area contributed by atoms with Crippen LogP contribution in [0.3, 0.4) is 0 Å². The van der Waals surface area contributed by atoms with Crippen molar-refractivity contribution >= 4 is 5.69 Å². The van der Waals surface area contributed by atoms with Gasteiger partial charge >= 0.3 is 0 Å². The minimum Gasteiger partial charge on any atom is -0.391 e. The van der Waals surface area contributed by atoms with E-state index in [0.717, 1.165) is 19.4 Å². The molecule has 19 heavy (non-hydrogen) atoms. The molecule has 1 aromatic rings. The van der Waals surface area contributed by atoms with Crippen LogP contribution in [0.1, 0.15) is 18.4 Å². The summed E-state index contributed by atoms with van der Waals surface area (Å²) in [5.41, 5.74) is 0.881. The van der Waals surface area contributed by atoms with E-state index < -0.39 is 0 Å². The van der Waals surface area contributed by atoms with Gasteiger partial charge in [0.25, 0.3) is 0 Å². The number of benzene rings is 1. The van der Waals surface area contributed by atoms with Gasteiger partial charge in [-0.1, -0.05) is 0 Å². The summed E-state index contributed by atoms with van der Waals surface area (Å²) in [5.74, 6) is 1.19. The molecule has 4 heteroatoms. The Morgan fingerprint density at radius 1 is 1.32 bits per heavy atom. The van der Waals surface area contributed by atoms with Gasteiger partial charge in [0.1, 0.15) is 5.82 Å². The fourth-order valence-corrected chi connectivity index (χ4v) is 4.50. The fraction of sp³-hybridized carbons (Fsp3) is 0.533. The van der Waals surface area contributed by atoms with Gasteiger partial charge in [0.2, 0.25) is 0 Å². The highest BCUT2D eigenvalue weighted by Gasteiger charge is 2.59. The van der Waals surface area contributed by atoms with Gasteiger partial charge in [-0.15, -0.1) is 0 Å². The first-order valence-corrected chi connectivity index (χ1v) is 6.83. The SMILES string of the molecule is N#Cc1ccc(N2C[C@@H]3C[C@H]4C[C@H]3[C@@H]2[C@H]4O)c(F)c1. The van der Waals surface area contributed by atoms with E-state index in [4.69, 9.17) is 5.26 Å². The normalized spacial score (nSPS) is 38.8. The van der Waals surface area contributed by atoms with Crippen LogP contribution in [0.5, 0.6) is 0 Å². The fourth-order valence-electron chi connectivity index (χ4n) is 4.50. The Bertz CT molecular complexity index is 580. The van der Waals surface area contributed by atoms with E-state index in [2.05, 4.69) is 0 Å². The molecule has 0 spiro atoms. The third-order valence-electron chi connectivity index (χ3n) is 5.23. The summed E-state index contributed by atoms with van der Waals surface area (Å²) in [6.45, 7) is 0.839. The lowest BCUT2D eigenvalue weighted by Gasteiger charge is -2.30. The van der Waals surface area contributed by atoms with Crippen molar-refractivity contribution in [2.24, 2.45) is 17.8 Å². The second-order valence-electron chi connectivity index (χ2n) is 6.07. The maximum Gasteiger partial charge on any atom is 0.147 e. The molecule has 2 aliphatic carbocycles. The molecular weight excluding hydrogens is 243 g/mol. The van der Waals surface area contributed by atoms with Crippen LogP contribution in [0.15, 0.2) is 18.2 Å². The van der Waals surface area contributed by atoms with Crippen LogP contribution in [0.4, 0.5) is 10.1 Å². The van der Waals surface area contributed by atoms with E-state index in [9.17, 15) is 9.50 Å². The van der Waals surface area contributed by atoms with Crippen molar-refractivity contribution in [2.45, 2.75) is 25.0 Å². The Balaban J connectivity index is 1.73. The predicted octanol–water partition coefficient (Wildman–Crippen LogP) is 1.90. The minimum atomic E-state index is -0.351. The number of rotatable bonds is 1. The predicted molar refractivity (Wildman–Crippen MR) is 68.0 cm³/mol. The van der Waals surface area contributed by atoms with E-state index >= 15 is 0 Å². The highest BCUT2D eigenvalue weighted by Crippen LogP contribution is 2.55. The number of hydrogen-bond donors (Lipinski definition) is 1. The molecule has 3 nitrogen and oxygen atoms in total. The Morgan fingerprint density at radius 2 is 2.16 bits per heavy atom. The van der Waals surface area contributed by atoms with Gasteiger partial charge in [-0.3, -0.25) is 0 Å². The van der Waals surface area contributed by atoms with Crippen LogP contribution in [0.2, 0.25) is 0 Å². The summed E-state index contributed by atoms with van der Waals surface area (Å²) in [6, 6.07) is 6.64. The summed E-state index contributed by atoms with van der Waals surface area (Å²) < 4.78 is 14.1. The zero-order valence-corrected chi connectivity index (χ0v) is 10.5. The molecule has 1 N–H and O–H groups in total. The molecule has 0 aromatic heterocycles. The zero-order valence-electron chi connectivity index (χ0n) is 10.5. The number of anilines is 1. The molecule has 4 rings (SSSR count). The maximum atomic E-state index is 14.1. The van der Waals surface area contributed by atoms with E-state index in [0.29, 0.717) is 29.0 Å². The molecule has 1 aromatic carbocycles. The first-order valence-electron chi connectivity index (χ1n) is 6.83. The van der Waals surface area contributed by atoms with Crippen LogP contribution in [-0.2, 0) is 0 Å². The van der Waals surface area contributed by atoms with Gasteiger partial charge in [-0.25, -0.2) is 4.39 Å². The van der Waals surface area contributed by atoms with Gasteiger partial charge in [-0.05, 0) is 48.8 Å². The molecular formula is C15H15FN2O. The van der Waals surface area contributed by atoms with Gasteiger partial charge in [0, 0.05) is 6.54 Å². The first-order chi connectivity index (χ1) is 9.19. The molecule has 0 unspecified atom stereocenters. The lowest BCUT2D eigenvalue weighted by molar-refractivity contribution is 0.0965. The Hall–Kier alpha value is -1.60. The van der Waals surface area contributed by atoms with E-state index in [-0.39, 0.29) is 18.0 Å². The molecule has 2 bridgehead atoms. The third kappa shape index (κ3) is 1.39. The molecule has 3 fully saturated rings. The van der Waals surface area contributed by atoms with Crippen LogP contribution >= 0.6 is 0 Å². The van der Waals surface area contributed by atoms with Crippen molar-refractivity contribution in [1.82, 2.24) is 0 Å². The van der Waals surface area contributed by atoms with Crippen LogP contribution in [-0.4, -0.2) is 23.8 Å². The van der Waals surface area contributed by atoms with Crippen molar-refractivity contribution in [2.75, 3.05) is 11.4 Å². The van der Waals surface area contributed by atoms with Crippen molar-refractivity contribution in [3.63, 3.8) is 0 Å². The van der Waals surface area contributed by atoms with Gasteiger partial charge < -0.3 is 10.0 Å². The quantitative estimate of drug-likeness (QED) is 0.837. The molecule has 1 aliphatic heterocycles. The average molecular weight is 258 g/mol. The molecule has 1 heterocycles. The number of nitrogens with zero attached hydrogens (tertiary/aromatic N) is 2. The lowest BCUT2D eigenvalue weighted by atomic mass is 9.88. The third-order valence-corrected chi connectivity index (χ3v) is 5.23. The van der Waals surface area contributed by atoms with Gasteiger partial charge in [0.05, 0.1) is 29.5 Å². The first kappa shape index (κ1) is 11.2. The molecule has 0 amide bonds. The molecule has 5 atom stereocenters. The number of fused-ring (bicyclic) bond motifs is 1. The second kappa shape index (κ2) is 3.71. The number of aliphatic hydroxyl groups excluding tert-OH is 1. The molecule has 3 aliphatic rings. The topological polar surface area (TPSA) is 47.3 Å². The van der Waals surface area contributed by atoms with Crippen molar-refractivity contribution < 1.29 is 9.50 Å². The van der Waals surface area contributed by atoms with E-state index in [1.54, 1.807) is 12.1 Å². The standard InChI is InChI=1S/C15H15FN2O/c16-12-3-8(6-17)1-2-13(12)18-7-10-4-9-5-11(10)14(18)15(9)19/h1-3,9-11,14-15,19H,4-5,7H2/t9-,10-,11+,14+,15-/m0/s1. The smallest absolute Gasteiger partial charge is 0.147 e. The number of halogens is 1. The second-order valence-corrected chi connectivity index (χ2v) is 6.07. The number of aliphatic hydroxyl groups is 1. The Kier molecular flexibility index (Phi) is 2.19. The zero-order chi connectivity index (χ0) is 13.1.